The summed E-state index contributed by atoms with van der Waals surface area (Å²) >= 11 is 0. The molecule has 0 radical (unpaired) electrons. The summed E-state index contributed by atoms with van der Waals surface area (Å²) < 4.78 is 32.6. The van der Waals surface area contributed by atoms with Crippen molar-refractivity contribution in [1.29, 1.82) is 0 Å². The lowest BCUT2D eigenvalue weighted by atomic mass is 10.1. The fourth-order valence-electron chi connectivity index (χ4n) is 3.46. The molecule has 3 rings (SSSR count). The number of hydrogen-bond acceptors (Lipinski definition) is 6. The van der Waals surface area contributed by atoms with Crippen LogP contribution in [0, 0.1) is 17.0 Å². The number of carbonyl (C=O) groups excluding carboxylic acids is 1. The standard InChI is InChI=1S/C20H23N3O6S/c1-14-16(7-6-8-18(14)23(25)26)20(24)21-17-13-15(9-10-19(17)29-2)30(27,28)22-11-4-3-5-12-22/h6-10,13H,3-5,11-12H2,1-2H3,(H,21,24). The number of sulfonamides is 1. The Morgan fingerprint density at radius 3 is 2.50 bits per heavy atom. The molecule has 2 aromatic carbocycles. The molecule has 2 aromatic rings. The van der Waals surface area contributed by atoms with E-state index in [9.17, 15) is 23.3 Å². The van der Waals surface area contributed by atoms with Gasteiger partial charge in [0.1, 0.15) is 5.75 Å². The van der Waals surface area contributed by atoms with Crippen molar-refractivity contribution in [1.82, 2.24) is 4.31 Å². The highest BCUT2D eigenvalue weighted by atomic mass is 32.2. The molecule has 1 amide bonds. The van der Waals surface area contributed by atoms with E-state index in [1.807, 2.05) is 0 Å². The number of hydrogen-bond donors (Lipinski definition) is 1. The Morgan fingerprint density at radius 2 is 1.87 bits per heavy atom. The Hall–Kier alpha value is -2.98. The predicted octanol–water partition coefficient (Wildman–Crippen LogP) is 3.34. The van der Waals surface area contributed by atoms with Gasteiger partial charge in [-0.2, -0.15) is 4.31 Å². The molecule has 0 aromatic heterocycles. The summed E-state index contributed by atoms with van der Waals surface area (Å²) in [5, 5.41) is 13.8. The second kappa shape index (κ2) is 8.80. The van der Waals surface area contributed by atoms with Crippen LogP contribution in [0.5, 0.6) is 5.75 Å². The fraction of sp³-hybridized carbons (Fsp3) is 0.350. The highest BCUT2D eigenvalue weighted by molar-refractivity contribution is 7.89. The maximum Gasteiger partial charge on any atom is 0.273 e. The number of nitro benzene ring substituents is 1. The first-order valence-corrected chi connectivity index (χ1v) is 10.9. The number of amides is 1. The van der Waals surface area contributed by atoms with Crippen LogP contribution in [0.1, 0.15) is 35.2 Å². The topological polar surface area (TPSA) is 119 Å². The van der Waals surface area contributed by atoms with Crippen molar-refractivity contribution in [2.75, 3.05) is 25.5 Å². The number of nitrogens with zero attached hydrogens (tertiary/aromatic N) is 2. The molecule has 30 heavy (non-hydrogen) atoms. The molecule has 0 bridgehead atoms. The number of anilines is 1. The minimum Gasteiger partial charge on any atom is -0.495 e. The third-order valence-corrected chi connectivity index (χ3v) is 7.01. The molecule has 160 valence electrons. The lowest BCUT2D eigenvalue weighted by Crippen LogP contribution is -2.35. The van der Waals surface area contributed by atoms with Crippen molar-refractivity contribution in [3.8, 4) is 5.75 Å². The van der Waals surface area contributed by atoms with Crippen molar-refractivity contribution < 1.29 is 22.9 Å². The average molecular weight is 433 g/mol. The lowest BCUT2D eigenvalue weighted by molar-refractivity contribution is -0.385. The van der Waals surface area contributed by atoms with Crippen LogP contribution in [0.2, 0.25) is 0 Å². The molecule has 1 fully saturated rings. The quantitative estimate of drug-likeness (QED) is 0.551. The molecular formula is C20H23N3O6S. The monoisotopic (exact) mass is 433 g/mol. The van der Waals surface area contributed by atoms with Gasteiger partial charge in [0.05, 0.1) is 22.6 Å². The summed E-state index contributed by atoms with van der Waals surface area (Å²) in [5.41, 5.74) is 0.342. The zero-order valence-electron chi connectivity index (χ0n) is 16.8. The molecule has 0 atom stereocenters. The Bertz CT molecular complexity index is 1080. The van der Waals surface area contributed by atoms with Gasteiger partial charge >= 0.3 is 0 Å². The molecular weight excluding hydrogens is 410 g/mol. The van der Waals surface area contributed by atoms with Crippen molar-refractivity contribution in [2.24, 2.45) is 0 Å². The zero-order chi connectivity index (χ0) is 21.9. The van der Waals surface area contributed by atoms with Gasteiger partial charge in [0.2, 0.25) is 10.0 Å². The molecule has 0 unspecified atom stereocenters. The van der Waals surface area contributed by atoms with Gasteiger partial charge in [-0.15, -0.1) is 0 Å². The lowest BCUT2D eigenvalue weighted by Gasteiger charge is -2.26. The molecule has 0 aliphatic carbocycles. The maximum absolute atomic E-state index is 13.0. The van der Waals surface area contributed by atoms with E-state index < -0.39 is 20.9 Å². The van der Waals surface area contributed by atoms with E-state index in [1.165, 1.54) is 54.7 Å². The number of methoxy groups -OCH3 is 1. The van der Waals surface area contributed by atoms with Crippen LogP contribution in [0.25, 0.3) is 0 Å². The van der Waals surface area contributed by atoms with Crippen LogP contribution < -0.4 is 10.1 Å². The molecule has 1 saturated heterocycles. The largest absolute Gasteiger partial charge is 0.495 e. The van der Waals surface area contributed by atoms with Gasteiger partial charge in [0.25, 0.3) is 11.6 Å². The Labute approximate surface area is 174 Å². The third-order valence-electron chi connectivity index (χ3n) is 5.12. The highest BCUT2D eigenvalue weighted by Gasteiger charge is 2.27. The van der Waals surface area contributed by atoms with Gasteiger partial charge in [-0.05, 0) is 44.0 Å². The molecule has 10 heteroatoms. The second-order valence-corrected chi connectivity index (χ2v) is 8.93. The fourth-order valence-corrected chi connectivity index (χ4v) is 5.00. The maximum atomic E-state index is 13.0. The van der Waals surface area contributed by atoms with Crippen LogP contribution in [0.4, 0.5) is 11.4 Å². The summed E-state index contributed by atoms with van der Waals surface area (Å²) in [6.45, 7) is 2.41. The summed E-state index contributed by atoms with van der Waals surface area (Å²) in [7, 11) is -2.29. The van der Waals surface area contributed by atoms with Gasteiger partial charge < -0.3 is 10.1 Å². The Balaban J connectivity index is 1.94. The summed E-state index contributed by atoms with van der Waals surface area (Å²) in [4.78, 5) is 23.4. The van der Waals surface area contributed by atoms with E-state index in [-0.39, 0.29) is 33.1 Å². The zero-order valence-corrected chi connectivity index (χ0v) is 17.6. The number of nitro groups is 1. The van der Waals surface area contributed by atoms with E-state index in [4.69, 9.17) is 4.74 Å². The van der Waals surface area contributed by atoms with Crippen LogP contribution in [0.3, 0.4) is 0 Å². The van der Waals surface area contributed by atoms with Gasteiger partial charge in [-0.25, -0.2) is 8.42 Å². The van der Waals surface area contributed by atoms with Gasteiger partial charge in [-0.3, -0.25) is 14.9 Å². The van der Waals surface area contributed by atoms with E-state index in [2.05, 4.69) is 5.32 Å². The molecule has 1 aliphatic rings. The van der Waals surface area contributed by atoms with Crippen LogP contribution in [-0.2, 0) is 10.0 Å². The first-order valence-electron chi connectivity index (χ1n) is 9.49. The van der Waals surface area contributed by atoms with Crippen LogP contribution in [-0.4, -0.2) is 43.8 Å². The first kappa shape index (κ1) is 21.7. The van der Waals surface area contributed by atoms with Gasteiger partial charge in [0.15, 0.2) is 0 Å². The van der Waals surface area contributed by atoms with E-state index in [1.54, 1.807) is 0 Å². The van der Waals surface area contributed by atoms with Crippen molar-refractivity contribution in [2.45, 2.75) is 31.1 Å². The molecule has 0 spiro atoms. The number of benzene rings is 2. The van der Waals surface area contributed by atoms with Crippen LogP contribution in [0.15, 0.2) is 41.3 Å². The van der Waals surface area contributed by atoms with Crippen LogP contribution >= 0.6 is 0 Å². The molecule has 1 heterocycles. The van der Waals surface area contributed by atoms with Crippen molar-refractivity contribution in [3.63, 3.8) is 0 Å². The van der Waals surface area contributed by atoms with E-state index >= 15 is 0 Å². The predicted molar refractivity (Wildman–Crippen MR) is 111 cm³/mol. The molecule has 0 saturated carbocycles. The summed E-state index contributed by atoms with van der Waals surface area (Å²) in [6, 6.07) is 8.49. The summed E-state index contributed by atoms with van der Waals surface area (Å²) in [6.07, 6.45) is 2.62. The third kappa shape index (κ3) is 4.29. The normalized spacial score (nSPS) is 14.9. The minimum atomic E-state index is -3.70. The van der Waals surface area contributed by atoms with Crippen molar-refractivity contribution >= 4 is 27.3 Å². The Kier molecular flexibility index (Phi) is 6.37. The first-order chi connectivity index (χ1) is 14.3. The number of rotatable bonds is 6. The van der Waals surface area contributed by atoms with E-state index in [0.29, 0.717) is 13.1 Å². The average Bonchev–Trinajstić information content (AvgIpc) is 2.74. The summed E-state index contributed by atoms with van der Waals surface area (Å²) in [5.74, 6) is -0.314. The molecule has 9 nitrogen and oxygen atoms in total. The smallest absolute Gasteiger partial charge is 0.273 e. The van der Waals surface area contributed by atoms with Gasteiger partial charge in [-0.1, -0.05) is 12.5 Å². The Morgan fingerprint density at radius 1 is 1.17 bits per heavy atom. The molecule has 1 aliphatic heterocycles. The SMILES string of the molecule is COc1ccc(S(=O)(=O)N2CCCCC2)cc1NC(=O)c1cccc([N+](=O)[O-])c1C. The van der Waals surface area contributed by atoms with Crippen molar-refractivity contribution in [3.05, 3.63) is 57.6 Å². The number of piperidine rings is 1. The molecule has 1 N–H and O–H groups in total. The number of nitrogens with one attached hydrogen (secondary N) is 1. The van der Waals surface area contributed by atoms with E-state index in [0.717, 1.165) is 19.3 Å². The number of carbonyl (C=O) groups is 1. The minimum absolute atomic E-state index is 0.0521. The highest BCUT2D eigenvalue weighted by Crippen LogP contribution is 2.31. The number of ether oxygens (including phenoxy) is 1. The second-order valence-electron chi connectivity index (χ2n) is 6.99. The van der Waals surface area contributed by atoms with Gasteiger partial charge in [0, 0.05) is 30.3 Å².